The predicted octanol–water partition coefficient (Wildman–Crippen LogP) is 4.87. The number of alkyl halides is 1. The van der Waals surface area contributed by atoms with Gasteiger partial charge in [0.15, 0.2) is 0 Å². The van der Waals surface area contributed by atoms with E-state index in [0.717, 1.165) is 11.3 Å². The van der Waals surface area contributed by atoms with Gasteiger partial charge in [0, 0.05) is 17.8 Å². The summed E-state index contributed by atoms with van der Waals surface area (Å²) in [5.74, 6) is 1.08. The number of hydrogen-bond acceptors (Lipinski definition) is 2. The van der Waals surface area contributed by atoms with E-state index in [1.54, 1.807) is 12.3 Å². The predicted molar refractivity (Wildman–Crippen MR) is 73.5 cm³/mol. The van der Waals surface area contributed by atoms with Gasteiger partial charge in [-0.25, -0.2) is 4.98 Å². The molecule has 0 aliphatic rings. The second-order valence-electron chi connectivity index (χ2n) is 3.44. The van der Waals surface area contributed by atoms with Gasteiger partial charge in [-0.3, -0.25) is 0 Å². The Morgan fingerprint density at radius 3 is 2.41 bits per heavy atom. The number of rotatable bonds is 3. The normalized spacial score (nSPS) is 10.3. The SMILES string of the molecule is ClCc1ccc(Nc2ncc(Cl)cc2Cl)cc1. The Bertz CT molecular complexity index is 512. The first kappa shape index (κ1) is 12.5. The maximum Gasteiger partial charge on any atom is 0.149 e. The van der Waals surface area contributed by atoms with Crippen molar-refractivity contribution < 1.29 is 0 Å². The Morgan fingerprint density at radius 1 is 1.12 bits per heavy atom. The van der Waals surface area contributed by atoms with Gasteiger partial charge in [-0.05, 0) is 23.8 Å². The standard InChI is InChI=1S/C12H9Cl3N2/c13-6-8-1-3-10(4-2-8)17-12-11(15)5-9(14)7-16-12/h1-5,7H,6H2,(H,16,17). The van der Waals surface area contributed by atoms with Gasteiger partial charge >= 0.3 is 0 Å². The molecule has 1 heterocycles. The molecule has 0 atom stereocenters. The molecule has 17 heavy (non-hydrogen) atoms. The summed E-state index contributed by atoms with van der Waals surface area (Å²) in [6.07, 6.45) is 1.54. The van der Waals surface area contributed by atoms with E-state index < -0.39 is 0 Å². The van der Waals surface area contributed by atoms with Crippen molar-refractivity contribution in [1.82, 2.24) is 4.98 Å². The molecule has 0 saturated carbocycles. The zero-order valence-electron chi connectivity index (χ0n) is 8.75. The van der Waals surface area contributed by atoms with Gasteiger partial charge in [-0.2, -0.15) is 0 Å². The van der Waals surface area contributed by atoms with Gasteiger partial charge in [-0.1, -0.05) is 35.3 Å². The molecule has 1 aromatic carbocycles. The molecule has 0 aliphatic heterocycles. The molecule has 2 rings (SSSR count). The largest absolute Gasteiger partial charge is 0.339 e. The lowest BCUT2D eigenvalue weighted by molar-refractivity contribution is 1.30. The summed E-state index contributed by atoms with van der Waals surface area (Å²) < 4.78 is 0. The number of nitrogens with one attached hydrogen (secondary N) is 1. The lowest BCUT2D eigenvalue weighted by atomic mass is 10.2. The zero-order valence-corrected chi connectivity index (χ0v) is 11.0. The molecule has 2 aromatic rings. The molecule has 0 amide bonds. The summed E-state index contributed by atoms with van der Waals surface area (Å²) in [4.78, 5) is 4.11. The zero-order chi connectivity index (χ0) is 12.3. The summed E-state index contributed by atoms with van der Waals surface area (Å²) >= 11 is 17.5. The van der Waals surface area contributed by atoms with Crippen LogP contribution in [0.5, 0.6) is 0 Å². The smallest absolute Gasteiger partial charge is 0.149 e. The van der Waals surface area contributed by atoms with Crippen LogP contribution in [-0.2, 0) is 5.88 Å². The van der Waals surface area contributed by atoms with Crippen LogP contribution in [0.15, 0.2) is 36.5 Å². The van der Waals surface area contributed by atoms with Gasteiger partial charge in [0.2, 0.25) is 0 Å². The van der Waals surface area contributed by atoms with Crippen LogP contribution >= 0.6 is 34.8 Å². The van der Waals surface area contributed by atoms with Crippen molar-refractivity contribution in [2.24, 2.45) is 0 Å². The van der Waals surface area contributed by atoms with Crippen LogP contribution in [-0.4, -0.2) is 4.98 Å². The molecule has 5 heteroatoms. The Balaban J connectivity index is 2.19. The Morgan fingerprint density at radius 2 is 1.82 bits per heavy atom. The Labute approximate surface area is 115 Å². The van der Waals surface area contributed by atoms with Crippen LogP contribution in [0.3, 0.4) is 0 Å². The summed E-state index contributed by atoms with van der Waals surface area (Å²) in [6, 6.07) is 9.37. The van der Waals surface area contributed by atoms with Crippen molar-refractivity contribution >= 4 is 46.3 Å². The molecule has 0 spiro atoms. The van der Waals surface area contributed by atoms with Gasteiger partial charge in [0.1, 0.15) is 5.82 Å². The number of aromatic nitrogens is 1. The minimum atomic E-state index is 0.485. The third-order valence-corrected chi connectivity index (χ3v) is 2.98. The summed E-state index contributed by atoms with van der Waals surface area (Å²) in [7, 11) is 0. The number of anilines is 2. The van der Waals surface area contributed by atoms with Gasteiger partial charge in [-0.15, -0.1) is 11.6 Å². The van der Waals surface area contributed by atoms with Gasteiger partial charge < -0.3 is 5.32 Å². The third-order valence-electron chi connectivity index (χ3n) is 2.18. The molecule has 1 aromatic heterocycles. The van der Waals surface area contributed by atoms with E-state index in [2.05, 4.69) is 10.3 Å². The van der Waals surface area contributed by atoms with E-state index in [4.69, 9.17) is 34.8 Å². The van der Waals surface area contributed by atoms with E-state index in [1.165, 1.54) is 0 Å². The van der Waals surface area contributed by atoms with E-state index in [0.29, 0.717) is 21.7 Å². The average molecular weight is 288 g/mol. The first-order chi connectivity index (χ1) is 8.19. The quantitative estimate of drug-likeness (QED) is 0.815. The van der Waals surface area contributed by atoms with E-state index in [9.17, 15) is 0 Å². The molecule has 1 N–H and O–H groups in total. The second-order valence-corrected chi connectivity index (χ2v) is 4.55. The first-order valence-corrected chi connectivity index (χ1v) is 6.21. The molecular weight excluding hydrogens is 279 g/mol. The van der Waals surface area contributed by atoms with Crippen LogP contribution in [0, 0.1) is 0 Å². The van der Waals surface area contributed by atoms with Gasteiger partial charge in [0.05, 0.1) is 10.0 Å². The monoisotopic (exact) mass is 286 g/mol. The van der Waals surface area contributed by atoms with Crippen molar-refractivity contribution in [1.29, 1.82) is 0 Å². The number of benzene rings is 1. The molecule has 0 saturated heterocycles. The molecule has 0 radical (unpaired) electrons. The molecule has 0 unspecified atom stereocenters. The maximum absolute atomic E-state index is 6.01. The number of halogens is 3. The van der Waals surface area contributed by atoms with E-state index in [1.807, 2.05) is 24.3 Å². The highest BCUT2D eigenvalue weighted by molar-refractivity contribution is 6.36. The molecule has 0 fully saturated rings. The molecule has 0 aliphatic carbocycles. The Kier molecular flexibility index (Phi) is 4.11. The lowest BCUT2D eigenvalue weighted by Crippen LogP contribution is -1.94. The van der Waals surface area contributed by atoms with Crippen molar-refractivity contribution in [2.75, 3.05) is 5.32 Å². The average Bonchev–Trinajstić information content (AvgIpc) is 2.34. The molecule has 88 valence electrons. The van der Waals surface area contributed by atoms with Crippen LogP contribution in [0.25, 0.3) is 0 Å². The second kappa shape index (κ2) is 5.58. The van der Waals surface area contributed by atoms with Crippen molar-refractivity contribution in [3.8, 4) is 0 Å². The highest BCUT2D eigenvalue weighted by atomic mass is 35.5. The first-order valence-electron chi connectivity index (χ1n) is 4.92. The summed E-state index contributed by atoms with van der Waals surface area (Å²) in [5.41, 5.74) is 1.96. The highest BCUT2D eigenvalue weighted by Gasteiger charge is 2.03. The van der Waals surface area contributed by atoms with Crippen molar-refractivity contribution in [2.45, 2.75) is 5.88 Å². The van der Waals surface area contributed by atoms with Crippen LogP contribution in [0.4, 0.5) is 11.5 Å². The van der Waals surface area contributed by atoms with E-state index in [-0.39, 0.29) is 0 Å². The van der Waals surface area contributed by atoms with Crippen molar-refractivity contribution in [3.63, 3.8) is 0 Å². The van der Waals surface area contributed by atoms with Crippen LogP contribution in [0.1, 0.15) is 5.56 Å². The van der Waals surface area contributed by atoms with Gasteiger partial charge in [0.25, 0.3) is 0 Å². The fourth-order valence-electron chi connectivity index (χ4n) is 1.32. The number of pyridine rings is 1. The Hall–Kier alpha value is -0.960. The fraction of sp³-hybridized carbons (Fsp3) is 0.0833. The topological polar surface area (TPSA) is 24.9 Å². The number of nitrogens with zero attached hydrogens (tertiary/aromatic N) is 1. The fourth-order valence-corrected chi connectivity index (χ4v) is 1.93. The minimum Gasteiger partial charge on any atom is -0.339 e. The van der Waals surface area contributed by atoms with Crippen LogP contribution < -0.4 is 5.32 Å². The third kappa shape index (κ3) is 3.25. The van der Waals surface area contributed by atoms with E-state index >= 15 is 0 Å². The lowest BCUT2D eigenvalue weighted by Gasteiger charge is -2.07. The number of hydrogen-bond donors (Lipinski definition) is 1. The maximum atomic E-state index is 6.01. The summed E-state index contributed by atoms with van der Waals surface area (Å²) in [5, 5.41) is 4.10. The molecular formula is C12H9Cl3N2. The summed E-state index contributed by atoms with van der Waals surface area (Å²) in [6.45, 7) is 0. The molecule has 2 nitrogen and oxygen atoms in total. The highest BCUT2D eigenvalue weighted by Crippen LogP contribution is 2.25. The molecule has 0 bridgehead atoms. The van der Waals surface area contributed by atoms with Crippen LogP contribution in [0.2, 0.25) is 10.0 Å². The van der Waals surface area contributed by atoms with Crippen molar-refractivity contribution in [3.05, 3.63) is 52.1 Å². The minimum absolute atomic E-state index is 0.485.